The number of oxazole rings is 1. The third-order valence-corrected chi connectivity index (χ3v) is 6.32. The second kappa shape index (κ2) is 8.41. The van der Waals surface area contributed by atoms with Crippen molar-refractivity contribution in [1.29, 1.82) is 0 Å². The highest BCUT2D eigenvalue weighted by Crippen LogP contribution is 2.35. The van der Waals surface area contributed by atoms with Crippen LogP contribution in [0.2, 0.25) is 5.02 Å². The van der Waals surface area contributed by atoms with E-state index in [1.165, 1.54) is 55.6 Å². The van der Waals surface area contributed by atoms with Crippen LogP contribution in [0, 0.1) is 5.82 Å². The molecule has 1 aromatic heterocycles. The average molecular weight is 459 g/mol. The molecule has 3 aromatic carbocycles. The molecule has 31 heavy (non-hydrogen) atoms. The summed E-state index contributed by atoms with van der Waals surface area (Å²) in [5.74, 6) is 0.0879. The van der Waals surface area contributed by atoms with Crippen molar-refractivity contribution < 1.29 is 22.0 Å². The van der Waals surface area contributed by atoms with Gasteiger partial charge < -0.3 is 14.5 Å². The lowest BCUT2D eigenvalue weighted by Gasteiger charge is -2.07. The van der Waals surface area contributed by atoms with E-state index in [4.69, 9.17) is 20.8 Å². The molecular formula is C22H16ClFN2O4S. The fraction of sp³-hybridized carbons (Fsp3) is 0.0455. The van der Waals surface area contributed by atoms with Gasteiger partial charge in [-0.05, 0) is 60.7 Å². The Morgan fingerprint density at radius 2 is 1.74 bits per heavy atom. The van der Waals surface area contributed by atoms with Crippen LogP contribution in [0.1, 0.15) is 0 Å². The van der Waals surface area contributed by atoms with Gasteiger partial charge in [-0.1, -0.05) is 17.7 Å². The number of nitrogens with zero attached hydrogens (tertiary/aromatic N) is 1. The van der Waals surface area contributed by atoms with E-state index in [-0.39, 0.29) is 21.7 Å². The van der Waals surface area contributed by atoms with Crippen LogP contribution in [0.15, 0.2) is 87.1 Å². The van der Waals surface area contributed by atoms with Gasteiger partial charge >= 0.3 is 0 Å². The first-order chi connectivity index (χ1) is 14.9. The lowest BCUT2D eigenvalue weighted by molar-refractivity contribution is 0.415. The fourth-order valence-corrected chi connectivity index (χ4v) is 4.22. The first-order valence-electron chi connectivity index (χ1n) is 9.05. The topological polar surface area (TPSA) is 81.4 Å². The monoisotopic (exact) mass is 458 g/mol. The summed E-state index contributed by atoms with van der Waals surface area (Å²) < 4.78 is 50.8. The Morgan fingerprint density at radius 1 is 1.03 bits per heavy atom. The zero-order valence-corrected chi connectivity index (χ0v) is 17.7. The van der Waals surface area contributed by atoms with Crippen molar-refractivity contribution in [1.82, 2.24) is 4.98 Å². The van der Waals surface area contributed by atoms with Gasteiger partial charge in [0.1, 0.15) is 11.6 Å². The summed E-state index contributed by atoms with van der Waals surface area (Å²) >= 11 is 5.89. The SMILES string of the molecule is COc1cccc(Nc2oc(-c3ccc(F)cc3)nc2S(=O)(=O)c2ccc(Cl)cc2)c1. The van der Waals surface area contributed by atoms with Gasteiger partial charge in [-0.25, -0.2) is 12.8 Å². The lowest BCUT2D eigenvalue weighted by atomic mass is 10.2. The van der Waals surface area contributed by atoms with E-state index in [1.54, 1.807) is 24.3 Å². The predicted molar refractivity (Wildman–Crippen MR) is 115 cm³/mol. The van der Waals surface area contributed by atoms with Gasteiger partial charge in [0.15, 0.2) is 0 Å². The molecule has 0 radical (unpaired) electrons. The molecule has 0 saturated carbocycles. The molecule has 0 aliphatic carbocycles. The zero-order chi connectivity index (χ0) is 22.0. The molecule has 9 heteroatoms. The number of sulfone groups is 1. The predicted octanol–water partition coefficient (Wildman–Crippen LogP) is 5.72. The second-order valence-electron chi connectivity index (χ2n) is 6.47. The first-order valence-corrected chi connectivity index (χ1v) is 10.9. The summed E-state index contributed by atoms with van der Waals surface area (Å²) in [7, 11) is -2.52. The van der Waals surface area contributed by atoms with E-state index in [0.29, 0.717) is 22.0 Å². The molecule has 4 rings (SSSR count). The van der Waals surface area contributed by atoms with E-state index < -0.39 is 15.7 Å². The minimum absolute atomic E-state index is 0.00421. The van der Waals surface area contributed by atoms with Gasteiger partial charge in [0.25, 0.3) is 0 Å². The molecule has 0 fully saturated rings. The van der Waals surface area contributed by atoms with E-state index in [9.17, 15) is 12.8 Å². The standard InChI is InChI=1S/C22H16ClFN2O4S/c1-29-18-4-2-3-17(13-18)25-21-22(31(27,28)19-11-7-15(23)8-12-19)26-20(30-21)14-5-9-16(24)10-6-14/h2-13,25H,1H3. The van der Waals surface area contributed by atoms with Crippen LogP contribution in [0.4, 0.5) is 16.0 Å². The normalized spacial score (nSPS) is 11.3. The summed E-state index contributed by atoms with van der Waals surface area (Å²) in [6.45, 7) is 0. The van der Waals surface area contributed by atoms with Gasteiger partial charge in [0.2, 0.25) is 26.6 Å². The fourth-order valence-electron chi connectivity index (χ4n) is 2.84. The van der Waals surface area contributed by atoms with Gasteiger partial charge in [0.05, 0.1) is 12.0 Å². The molecule has 0 atom stereocenters. The maximum atomic E-state index is 13.3. The Morgan fingerprint density at radius 3 is 2.42 bits per heavy atom. The Hall–Kier alpha value is -3.36. The Bertz CT molecular complexity index is 1320. The van der Waals surface area contributed by atoms with Crippen LogP contribution in [-0.4, -0.2) is 20.5 Å². The van der Waals surface area contributed by atoms with Crippen molar-refractivity contribution in [3.8, 4) is 17.2 Å². The maximum absolute atomic E-state index is 13.3. The minimum Gasteiger partial charge on any atom is -0.497 e. The molecule has 1 heterocycles. The quantitative estimate of drug-likeness (QED) is 0.398. The van der Waals surface area contributed by atoms with Crippen molar-refractivity contribution in [2.45, 2.75) is 9.92 Å². The molecule has 6 nitrogen and oxygen atoms in total. The van der Waals surface area contributed by atoms with Crippen molar-refractivity contribution >= 4 is 33.0 Å². The van der Waals surface area contributed by atoms with Crippen LogP contribution in [0.5, 0.6) is 5.75 Å². The van der Waals surface area contributed by atoms with Crippen molar-refractivity contribution in [3.05, 3.63) is 83.6 Å². The third-order valence-electron chi connectivity index (χ3n) is 4.39. The highest BCUT2D eigenvalue weighted by Gasteiger charge is 2.29. The van der Waals surface area contributed by atoms with E-state index in [1.807, 2.05) is 0 Å². The highest BCUT2D eigenvalue weighted by atomic mass is 35.5. The number of halogens is 2. The van der Waals surface area contributed by atoms with Crippen LogP contribution >= 0.6 is 11.6 Å². The summed E-state index contributed by atoms with van der Waals surface area (Å²) in [4.78, 5) is 4.22. The van der Waals surface area contributed by atoms with E-state index >= 15 is 0 Å². The third kappa shape index (κ3) is 4.40. The number of benzene rings is 3. The summed E-state index contributed by atoms with van der Waals surface area (Å²) in [6.07, 6.45) is 0. The molecule has 0 unspecified atom stereocenters. The Kier molecular flexibility index (Phi) is 5.67. The van der Waals surface area contributed by atoms with Crippen LogP contribution in [0.25, 0.3) is 11.5 Å². The van der Waals surface area contributed by atoms with Crippen molar-refractivity contribution in [3.63, 3.8) is 0 Å². The smallest absolute Gasteiger partial charge is 0.238 e. The highest BCUT2D eigenvalue weighted by molar-refractivity contribution is 7.91. The second-order valence-corrected chi connectivity index (χ2v) is 8.78. The van der Waals surface area contributed by atoms with Gasteiger partial charge in [0, 0.05) is 22.3 Å². The van der Waals surface area contributed by atoms with E-state index in [0.717, 1.165) is 0 Å². The van der Waals surface area contributed by atoms with Crippen LogP contribution in [0.3, 0.4) is 0 Å². The van der Waals surface area contributed by atoms with Gasteiger partial charge in [-0.2, -0.15) is 4.98 Å². The lowest BCUT2D eigenvalue weighted by Crippen LogP contribution is -2.05. The van der Waals surface area contributed by atoms with Gasteiger partial charge in [-0.3, -0.25) is 0 Å². The molecular weight excluding hydrogens is 443 g/mol. The molecule has 0 bridgehead atoms. The average Bonchev–Trinajstić information content (AvgIpc) is 3.19. The van der Waals surface area contributed by atoms with E-state index in [2.05, 4.69) is 10.3 Å². The summed E-state index contributed by atoms with van der Waals surface area (Å²) in [5, 5.41) is 3.04. The molecule has 0 amide bonds. The number of nitrogens with one attached hydrogen (secondary N) is 1. The Balaban J connectivity index is 1.83. The first kappa shape index (κ1) is 20.9. The minimum atomic E-state index is -4.05. The van der Waals surface area contributed by atoms with Crippen molar-refractivity contribution in [2.75, 3.05) is 12.4 Å². The number of hydrogen-bond donors (Lipinski definition) is 1. The van der Waals surface area contributed by atoms with Gasteiger partial charge in [-0.15, -0.1) is 0 Å². The molecule has 0 aliphatic rings. The summed E-state index contributed by atoms with van der Waals surface area (Å²) in [5.41, 5.74) is 0.960. The molecule has 0 aliphatic heterocycles. The molecule has 158 valence electrons. The van der Waals surface area contributed by atoms with Crippen molar-refractivity contribution in [2.24, 2.45) is 0 Å². The number of methoxy groups -OCH3 is 1. The summed E-state index contributed by atoms with van der Waals surface area (Å²) in [6, 6.07) is 18.0. The number of anilines is 2. The molecule has 1 N–H and O–H groups in total. The van der Waals surface area contributed by atoms with Crippen LogP contribution in [-0.2, 0) is 9.84 Å². The van der Waals surface area contributed by atoms with Crippen LogP contribution < -0.4 is 10.1 Å². The zero-order valence-electron chi connectivity index (χ0n) is 16.2. The molecule has 0 spiro atoms. The number of aromatic nitrogens is 1. The number of hydrogen-bond acceptors (Lipinski definition) is 6. The molecule has 0 saturated heterocycles. The Labute approximate surface area is 183 Å². The number of ether oxygens (including phenoxy) is 1. The maximum Gasteiger partial charge on any atom is 0.238 e. The largest absolute Gasteiger partial charge is 0.497 e. The molecule has 4 aromatic rings. The number of rotatable bonds is 6.